The van der Waals surface area contributed by atoms with Crippen molar-refractivity contribution in [3.8, 4) is 0 Å². The summed E-state index contributed by atoms with van der Waals surface area (Å²) in [4.78, 5) is 25.8. The Balaban J connectivity index is 1.55. The van der Waals surface area contributed by atoms with Gasteiger partial charge in [-0.05, 0) is 32.3 Å². The standard InChI is InChI=1S/C28H36O7/c1-14-12-15(2)28-19(13-21(32-5)27(31)33-17(14)4)10-11-20-22(28)23(29)16(3)24(25(20)35-28)34-26(30)18-8-6-7-9-18/h6-8,10-12,14,16-17,19-25,29H,9,13H2,1-5H3/b15-12+/t14-,16-,17+,19-,20-,21+,22+,23-,24-,25-,28+/m1/s1. The molecule has 1 spiro atoms. The maximum Gasteiger partial charge on any atom is 0.335 e. The van der Waals surface area contributed by atoms with E-state index in [1.165, 1.54) is 7.11 Å². The van der Waals surface area contributed by atoms with E-state index in [4.69, 9.17) is 18.9 Å². The number of hydrogen-bond acceptors (Lipinski definition) is 7. The summed E-state index contributed by atoms with van der Waals surface area (Å²) in [5.74, 6) is -1.61. The van der Waals surface area contributed by atoms with Crippen LogP contribution in [0.5, 0.6) is 0 Å². The van der Waals surface area contributed by atoms with Gasteiger partial charge in [0, 0.05) is 42.3 Å². The average Bonchev–Trinajstić information content (AvgIpc) is 3.43. The molecule has 2 heterocycles. The van der Waals surface area contributed by atoms with Crippen LogP contribution in [-0.4, -0.2) is 60.3 Å². The zero-order valence-corrected chi connectivity index (χ0v) is 21.0. The summed E-state index contributed by atoms with van der Waals surface area (Å²) in [5.41, 5.74) is 0.799. The van der Waals surface area contributed by atoms with Crippen molar-refractivity contribution in [3.63, 3.8) is 0 Å². The molecule has 7 nitrogen and oxygen atoms in total. The Kier molecular flexibility index (Phi) is 6.31. The van der Waals surface area contributed by atoms with Crippen LogP contribution < -0.4 is 0 Å². The SMILES string of the molecule is CO[C@H]1C[C@H]2C=C[C@H]3[C@H]4O[C@]2(/C(C)=C/[C@@H](C)[C@H](C)OC1=O)[C@@H]3[C@H](O)[C@@H](C)[C@H]4OC(=O)C1=CC=CC1. The average molecular weight is 485 g/mol. The van der Waals surface area contributed by atoms with Crippen molar-refractivity contribution in [2.24, 2.45) is 29.6 Å². The summed E-state index contributed by atoms with van der Waals surface area (Å²) < 4.78 is 24.2. The first-order valence-corrected chi connectivity index (χ1v) is 12.7. The number of aliphatic hydroxyl groups is 1. The number of cyclic esters (lactones) is 1. The van der Waals surface area contributed by atoms with Crippen molar-refractivity contribution in [1.29, 1.82) is 0 Å². The van der Waals surface area contributed by atoms with E-state index in [1.54, 1.807) is 6.08 Å². The van der Waals surface area contributed by atoms with Gasteiger partial charge in [-0.3, -0.25) is 0 Å². The zero-order valence-electron chi connectivity index (χ0n) is 21.0. The summed E-state index contributed by atoms with van der Waals surface area (Å²) in [6, 6.07) is 0. The lowest BCUT2D eigenvalue weighted by Crippen LogP contribution is -2.57. The van der Waals surface area contributed by atoms with E-state index in [2.05, 4.69) is 18.2 Å². The predicted molar refractivity (Wildman–Crippen MR) is 128 cm³/mol. The number of rotatable bonds is 3. The highest BCUT2D eigenvalue weighted by molar-refractivity contribution is 5.90. The maximum absolute atomic E-state index is 12.9. The number of methoxy groups -OCH3 is 1. The highest BCUT2D eigenvalue weighted by Crippen LogP contribution is 2.61. The van der Waals surface area contributed by atoms with Crippen LogP contribution in [0.4, 0.5) is 0 Å². The van der Waals surface area contributed by atoms with Crippen LogP contribution in [0.3, 0.4) is 0 Å². The minimum absolute atomic E-state index is 0.0528. The second-order valence-electron chi connectivity index (χ2n) is 10.8. The van der Waals surface area contributed by atoms with Crippen LogP contribution in [0.1, 0.15) is 40.5 Å². The van der Waals surface area contributed by atoms with Crippen LogP contribution in [0.2, 0.25) is 0 Å². The Morgan fingerprint density at radius 3 is 2.69 bits per heavy atom. The van der Waals surface area contributed by atoms with Crippen molar-refractivity contribution in [1.82, 2.24) is 0 Å². The molecule has 0 aromatic heterocycles. The number of aliphatic hydroxyl groups excluding tert-OH is 1. The van der Waals surface area contributed by atoms with Gasteiger partial charge in [0.15, 0.2) is 6.10 Å². The van der Waals surface area contributed by atoms with Crippen LogP contribution in [-0.2, 0) is 28.5 Å². The van der Waals surface area contributed by atoms with Gasteiger partial charge in [-0.15, -0.1) is 0 Å². The van der Waals surface area contributed by atoms with Crippen LogP contribution >= 0.6 is 0 Å². The molecule has 0 aromatic carbocycles. The topological polar surface area (TPSA) is 91.3 Å². The van der Waals surface area contributed by atoms with Gasteiger partial charge in [0.2, 0.25) is 0 Å². The molecule has 0 aromatic rings. The Bertz CT molecular complexity index is 1010. The lowest BCUT2D eigenvalue weighted by atomic mass is 9.57. The number of carbonyl (C=O) groups excluding carboxylic acids is 2. The van der Waals surface area contributed by atoms with E-state index >= 15 is 0 Å². The molecule has 4 bridgehead atoms. The first-order chi connectivity index (χ1) is 16.7. The number of carbonyl (C=O) groups is 2. The second-order valence-corrected chi connectivity index (χ2v) is 10.8. The van der Waals surface area contributed by atoms with E-state index < -0.39 is 23.9 Å². The third-order valence-electron chi connectivity index (χ3n) is 8.95. The molecule has 7 heteroatoms. The molecule has 1 saturated heterocycles. The van der Waals surface area contributed by atoms with Gasteiger partial charge in [0.1, 0.15) is 23.9 Å². The predicted octanol–water partition coefficient (Wildman–Crippen LogP) is 3.28. The smallest absolute Gasteiger partial charge is 0.335 e. The van der Waals surface area contributed by atoms with Gasteiger partial charge in [-0.1, -0.05) is 50.3 Å². The highest BCUT2D eigenvalue weighted by Gasteiger charge is 2.69. The quantitative estimate of drug-likeness (QED) is 0.486. The molecular weight excluding hydrogens is 448 g/mol. The molecule has 0 amide bonds. The summed E-state index contributed by atoms with van der Waals surface area (Å²) in [5, 5.41) is 11.7. The van der Waals surface area contributed by atoms with Crippen molar-refractivity contribution in [2.75, 3.05) is 7.11 Å². The molecular formula is C28H36O7. The van der Waals surface area contributed by atoms with Crippen LogP contribution in [0, 0.1) is 29.6 Å². The summed E-state index contributed by atoms with van der Waals surface area (Å²) in [6.45, 7) is 7.88. The molecule has 2 aliphatic heterocycles. The van der Waals surface area contributed by atoms with Gasteiger partial charge in [0.05, 0.1) is 6.10 Å². The fourth-order valence-electron chi connectivity index (χ4n) is 6.85. The van der Waals surface area contributed by atoms with Crippen LogP contribution in [0.25, 0.3) is 0 Å². The van der Waals surface area contributed by atoms with Crippen molar-refractivity contribution in [3.05, 3.63) is 47.6 Å². The Hall–Kier alpha value is -2.22. The molecule has 5 aliphatic rings. The molecule has 1 saturated carbocycles. The Morgan fingerprint density at radius 2 is 2.00 bits per heavy atom. The fourth-order valence-corrected chi connectivity index (χ4v) is 6.85. The molecule has 190 valence electrons. The zero-order chi connectivity index (χ0) is 25.1. The van der Waals surface area contributed by atoms with Gasteiger partial charge in [-0.25, -0.2) is 9.59 Å². The number of esters is 2. The summed E-state index contributed by atoms with van der Waals surface area (Å²) in [6.07, 6.45) is 9.99. The first-order valence-electron chi connectivity index (χ1n) is 12.7. The number of ether oxygens (including phenoxy) is 4. The van der Waals surface area contributed by atoms with Gasteiger partial charge in [-0.2, -0.15) is 0 Å². The normalized spacial score (nSPS) is 47.9. The van der Waals surface area contributed by atoms with E-state index in [0.29, 0.717) is 18.4 Å². The highest BCUT2D eigenvalue weighted by atomic mass is 16.6. The molecule has 2 fully saturated rings. The Labute approximate surface area is 206 Å². The summed E-state index contributed by atoms with van der Waals surface area (Å²) >= 11 is 0. The van der Waals surface area contributed by atoms with Crippen molar-refractivity contribution in [2.45, 2.75) is 76.7 Å². The lowest BCUT2D eigenvalue weighted by Gasteiger charge is -2.48. The minimum Gasteiger partial charge on any atom is -0.460 e. The third-order valence-corrected chi connectivity index (χ3v) is 8.95. The first kappa shape index (κ1) is 24.5. The van der Waals surface area contributed by atoms with Gasteiger partial charge in [0.25, 0.3) is 0 Å². The molecule has 0 radical (unpaired) electrons. The van der Waals surface area contributed by atoms with Gasteiger partial charge >= 0.3 is 11.9 Å². The number of hydrogen-bond donors (Lipinski definition) is 1. The molecule has 0 unspecified atom stereocenters. The lowest BCUT2D eigenvalue weighted by molar-refractivity contribution is -0.168. The molecule has 1 N–H and O–H groups in total. The van der Waals surface area contributed by atoms with E-state index in [9.17, 15) is 14.7 Å². The van der Waals surface area contributed by atoms with Crippen LogP contribution in [0.15, 0.2) is 47.6 Å². The summed E-state index contributed by atoms with van der Waals surface area (Å²) in [7, 11) is 1.52. The van der Waals surface area contributed by atoms with Crippen molar-refractivity contribution < 1.29 is 33.6 Å². The number of allylic oxidation sites excluding steroid dienone is 3. The molecule has 5 rings (SSSR count). The molecule has 3 aliphatic carbocycles. The van der Waals surface area contributed by atoms with E-state index in [1.807, 2.05) is 39.8 Å². The molecule has 11 atom stereocenters. The fraction of sp³-hybridized carbons (Fsp3) is 0.643. The van der Waals surface area contributed by atoms with E-state index in [0.717, 1.165) is 5.57 Å². The minimum atomic E-state index is -0.824. The molecule has 35 heavy (non-hydrogen) atoms. The Morgan fingerprint density at radius 1 is 1.23 bits per heavy atom. The largest absolute Gasteiger partial charge is 0.460 e. The third kappa shape index (κ3) is 3.74. The van der Waals surface area contributed by atoms with E-state index in [-0.39, 0.29) is 53.7 Å². The monoisotopic (exact) mass is 484 g/mol. The van der Waals surface area contributed by atoms with Gasteiger partial charge < -0.3 is 24.1 Å². The maximum atomic E-state index is 12.9. The van der Waals surface area contributed by atoms with Crippen molar-refractivity contribution >= 4 is 11.9 Å². The second kappa shape index (κ2) is 9.02.